The standard InChI is InChI=1S/C15H21N3O4/c1-16-15(19)13-9-11(18(20)21)6-7-14(13)17(2)10-12-5-3-4-8-22-12/h6-7,9,12H,3-5,8,10H2,1-2H3,(H,16,19). The van der Waals surface area contributed by atoms with Gasteiger partial charge in [-0.25, -0.2) is 0 Å². The largest absolute Gasteiger partial charge is 0.376 e. The Bertz CT molecular complexity index is 556. The van der Waals surface area contributed by atoms with E-state index < -0.39 is 4.92 Å². The van der Waals surface area contributed by atoms with Gasteiger partial charge >= 0.3 is 0 Å². The summed E-state index contributed by atoms with van der Waals surface area (Å²) in [6.45, 7) is 1.42. The topological polar surface area (TPSA) is 84.7 Å². The first-order valence-corrected chi connectivity index (χ1v) is 7.36. The number of nitrogens with zero attached hydrogens (tertiary/aromatic N) is 2. The second kappa shape index (κ2) is 7.22. The van der Waals surface area contributed by atoms with Crippen LogP contribution in [-0.4, -0.2) is 44.2 Å². The number of non-ortho nitro benzene ring substituents is 1. The Hall–Kier alpha value is -2.15. The molecule has 1 amide bonds. The molecule has 1 unspecified atom stereocenters. The van der Waals surface area contributed by atoms with Crippen LogP contribution < -0.4 is 10.2 Å². The summed E-state index contributed by atoms with van der Waals surface area (Å²) < 4.78 is 5.71. The van der Waals surface area contributed by atoms with Crippen molar-refractivity contribution in [2.75, 3.05) is 32.1 Å². The van der Waals surface area contributed by atoms with Crippen LogP contribution in [0.3, 0.4) is 0 Å². The molecule has 1 fully saturated rings. The van der Waals surface area contributed by atoms with E-state index in [9.17, 15) is 14.9 Å². The van der Waals surface area contributed by atoms with Crippen molar-refractivity contribution >= 4 is 17.3 Å². The van der Waals surface area contributed by atoms with Crippen LogP contribution in [0.2, 0.25) is 0 Å². The number of carbonyl (C=O) groups is 1. The van der Waals surface area contributed by atoms with Crippen molar-refractivity contribution in [2.45, 2.75) is 25.4 Å². The molecule has 0 aliphatic carbocycles. The van der Waals surface area contributed by atoms with Crippen molar-refractivity contribution in [3.63, 3.8) is 0 Å². The molecule has 0 radical (unpaired) electrons. The van der Waals surface area contributed by atoms with E-state index in [0.29, 0.717) is 17.8 Å². The van der Waals surface area contributed by atoms with Crippen molar-refractivity contribution in [3.8, 4) is 0 Å². The second-order valence-corrected chi connectivity index (χ2v) is 5.41. The minimum atomic E-state index is -0.500. The molecule has 120 valence electrons. The number of hydrogen-bond donors (Lipinski definition) is 1. The maximum atomic E-state index is 12.0. The van der Waals surface area contributed by atoms with Crippen LogP contribution in [0.1, 0.15) is 29.6 Å². The number of rotatable bonds is 5. The number of nitro benzene ring substituents is 1. The van der Waals surface area contributed by atoms with E-state index in [4.69, 9.17) is 4.74 Å². The average molecular weight is 307 g/mol. The minimum Gasteiger partial charge on any atom is -0.376 e. The number of nitrogens with one attached hydrogen (secondary N) is 1. The highest BCUT2D eigenvalue weighted by Gasteiger charge is 2.21. The van der Waals surface area contributed by atoms with Crippen molar-refractivity contribution in [1.82, 2.24) is 5.32 Å². The average Bonchev–Trinajstić information content (AvgIpc) is 2.54. The SMILES string of the molecule is CNC(=O)c1cc([N+](=O)[O-])ccc1N(C)CC1CCCCO1. The number of nitro groups is 1. The van der Waals surface area contributed by atoms with Gasteiger partial charge < -0.3 is 15.0 Å². The molecule has 7 heteroatoms. The molecule has 1 aromatic carbocycles. The van der Waals surface area contributed by atoms with Crippen LogP contribution in [0.25, 0.3) is 0 Å². The third-order valence-corrected chi connectivity index (χ3v) is 3.83. The summed E-state index contributed by atoms with van der Waals surface area (Å²) in [6, 6.07) is 4.35. The maximum absolute atomic E-state index is 12.0. The summed E-state index contributed by atoms with van der Waals surface area (Å²) in [5.74, 6) is -0.338. The number of amides is 1. The first kappa shape index (κ1) is 16.2. The molecule has 1 saturated heterocycles. The lowest BCUT2D eigenvalue weighted by atomic mass is 10.1. The van der Waals surface area contributed by atoms with Crippen LogP contribution in [-0.2, 0) is 4.74 Å². The molecular formula is C15H21N3O4. The van der Waals surface area contributed by atoms with Crippen LogP contribution in [0.15, 0.2) is 18.2 Å². The van der Waals surface area contributed by atoms with Crippen LogP contribution in [0.4, 0.5) is 11.4 Å². The smallest absolute Gasteiger partial charge is 0.270 e. The highest BCUT2D eigenvalue weighted by Crippen LogP contribution is 2.26. The van der Waals surface area contributed by atoms with E-state index in [1.165, 1.54) is 19.2 Å². The molecule has 1 heterocycles. The van der Waals surface area contributed by atoms with Gasteiger partial charge in [-0.2, -0.15) is 0 Å². The number of anilines is 1. The molecule has 1 aromatic rings. The quantitative estimate of drug-likeness (QED) is 0.664. The van der Waals surface area contributed by atoms with E-state index in [1.54, 1.807) is 6.07 Å². The minimum absolute atomic E-state index is 0.0929. The molecule has 0 bridgehead atoms. The Morgan fingerprint density at radius 2 is 2.27 bits per heavy atom. The van der Waals surface area contributed by atoms with Gasteiger partial charge in [0, 0.05) is 45.1 Å². The lowest BCUT2D eigenvalue weighted by molar-refractivity contribution is -0.384. The Morgan fingerprint density at radius 1 is 1.50 bits per heavy atom. The normalized spacial score (nSPS) is 17.8. The molecule has 7 nitrogen and oxygen atoms in total. The van der Waals surface area contributed by atoms with E-state index in [-0.39, 0.29) is 17.7 Å². The predicted octanol–water partition coefficient (Wildman–Crippen LogP) is 1.96. The molecular weight excluding hydrogens is 286 g/mol. The number of carbonyl (C=O) groups excluding carboxylic acids is 1. The monoisotopic (exact) mass is 307 g/mol. The van der Waals surface area contributed by atoms with Crippen LogP contribution >= 0.6 is 0 Å². The van der Waals surface area contributed by atoms with E-state index in [2.05, 4.69) is 5.32 Å². The second-order valence-electron chi connectivity index (χ2n) is 5.41. The van der Waals surface area contributed by atoms with Crippen molar-refractivity contribution < 1.29 is 14.5 Å². The van der Waals surface area contributed by atoms with E-state index in [0.717, 1.165) is 25.9 Å². The molecule has 1 aliphatic heterocycles. The third-order valence-electron chi connectivity index (χ3n) is 3.83. The summed E-state index contributed by atoms with van der Waals surface area (Å²) >= 11 is 0. The van der Waals surface area contributed by atoms with Gasteiger partial charge in [-0.15, -0.1) is 0 Å². The van der Waals surface area contributed by atoms with Gasteiger partial charge in [-0.1, -0.05) is 0 Å². The Balaban J connectivity index is 2.23. The zero-order valence-corrected chi connectivity index (χ0v) is 12.9. The molecule has 0 spiro atoms. The third kappa shape index (κ3) is 3.73. The molecule has 1 N–H and O–H groups in total. The van der Waals surface area contributed by atoms with Crippen LogP contribution in [0.5, 0.6) is 0 Å². The lowest BCUT2D eigenvalue weighted by Crippen LogP contribution is -2.34. The Kier molecular flexibility index (Phi) is 5.32. The fraction of sp³-hybridized carbons (Fsp3) is 0.533. The molecule has 22 heavy (non-hydrogen) atoms. The Labute approximate surface area is 129 Å². The molecule has 0 aromatic heterocycles. The van der Waals surface area contributed by atoms with Gasteiger partial charge in [0.05, 0.1) is 16.6 Å². The summed E-state index contributed by atoms with van der Waals surface area (Å²) in [4.78, 5) is 24.3. The molecule has 2 rings (SSSR count). The summed E-state index contributed by atoms with van der Waals surface area (Å²) in [6.07, 6.45) is 3.35. The van der Waals surface area contributed by atoms with Gasteiger partial charge in [0.1, 0.15) is 0 Å². The lowest BCUT2D eigenvalue weighted by Gasteiger charge is -2.29. The van der Waals surface area contributed by atoms with Gasteiger partial charge in [0.15, 0.2) is 0 Å². The van der Waals surface area contributed by atoms with Crippen molar-refractivity contribution in [1.29, 1.82) is 0 Å². The summed E-state index contributed by atoms with van der Waals surface area (Å²) in [7, 11) is 3.38. The van der Waals surface area contributed by atoms with Crippen molar-refractivity contribution in [3.05, 3.63) is 33.9 Å². The Morgan fingerprint density at radius 3 is 2.86 bits per heavy atom. The molecule has 1 atom stereocenters. The van der Waals surface area contributed by atoms with Gasteiger partial charge in [0.2, 0.25) is 0 Å². The van der Waals surface area contributed by atoms with Gasteiger partial charge in [0.25, 0.3) is 11.6 Å². The number of likely N-dealkylation sites (N-methyl/N-ethyl adjacent to an activating group) is 1. The van der Waals surface area contributed by atoms with E-state index >= 15 is 0 Å². The summed E-state index contributed by atoms with van der Waals surface area (Å²) in [5, 5.41) is 13.4. The fourth-order valence-electron chi connectivity index (χ4n) is 2.64. The zero-order valence-electron chi connectivity index (χ0n) is 12.9. The number of benzene rings is 1. The van der Waals surface area contributed by atoms with E-state index in [1.807, 2.05) is 11.9 Å². The highest BCUT2D eigenvalue weighted by atomic mass is 16.6. The number of ether oxygens (including phenoxy) is 1. The fourth-order valence-corrected chi connectivity index (χ4v) is 2.64. The first-order chi connectivity index (χ1) is 10.5. The first-order valence-electron chi connectivity index (χ1n) is 7.36. The molecule has 0 saturated carbocycles. The van der Waals surface area contributed by atoms with Crippen LogP contribution in [0, 0.1) is 10.1 Å². The van der Waals surface area contributed by atoms with Crippen molar-refractivity contribution in [2.24, 2.45) is 0 Å². The van der Waals surface area contributed by atoms with Gasteiger partial charge in [-0.05, 0) is 25.3 Å². The predicted molar refractivity (Wildman–Crippen MR) is 83.3 cm³/mol. The molecule has 1 aliphatic rings. The highest BCUT2D eigenvalue weighted by molar-refractivity contribution is 6.00. The maximum Gasteiger partial charge on any atom is 0.270 e. The number of hydrogen-bond acceptors (Lipinski definition) is 5. The summed E-state index contributed by atoms with van der Waals surface area (Å²) in [5.41, 5.74) is 0.874. The zero-order chi connectivity index (χ0) is 16.1. The van der Waals surface area contributed by atoms with Gasteiger partial charge in [-0.3, -0.25) is 14.9 Å².